The Labute approximate surface area is 173 Å². The molecule has 0 heterocycles. The van der Waals surface area contributed by atoms with E-state index in [-0.39, 0.29) is 0 Å². The van der Waals surface area contributed by atoms with Crippen molar-refractivity contribution >= 4 is 11.7 Å². The molecule has 28 heavy (non-hydrogen) atoms. The number of hydrogen-bond acceptors (Lipinski definition) is 2. The Morgan fingerprint density at radius 2 is 1.18 bits per heavy atom. The van der Waals surface area contributed by atoms with E-state index in [9.17, 15) is 4.79 Å². The van der Waals surface area contributed by atoms with Gasteiger partial charge in [-0.05, 0) is 42.5 Å². The van der Waals surface area contributed by atoms with Gasteiger partial charge in [-0.1, -0.05) is 91.4 Å². The molecule has 1 aromatic rings. The number of rotatable bonds is 16. The Bertz CT molecular complexity index is 516. The molecule has 0 aliphatic carbocycles. The average Bonchev–Trinajstić information content (AvgIpc) is 2.64. The first-order valence-electron chi connectivity index (χ1n) is 11.5. The van der Waals surface area contributed by atoms with Gasteiger partial charge in [0.2, 0.25) is 0 Å². The molecule has 0 atom stereocenters. The van der Waals surface area contributed by atoms with Crippen LogP contribution in [-0.4, -0.2) is 17.6 Å². The zero-order valence-corrected chi connectivity index (χ0v) is 18.6. The molecule has 2 N–H and O–H groups in total. The molecule has 0 aromatic heterocycles. The fourth-order valence-corrected chi connectivity index (χ4v) is 3.51. The van der Waals surface area contributed by atoms with Gasteiger partial charge in [0.25, 0.3) is 0 Å². The van der Waals surface area contributed by atoms with Crippen molar-refractivity contribution < 1.29 is 9.90 Å². The first kappa shape index (κ1) is 24.5. The maximum absolute atomic E-state index is 10.8. The summed E-state index contributed by atoms with van der Waals surface area (Å²) >= 11 is 0. The van der Waals surface area contributed by atoms with E-state index >= 15 is 0 Å². The molecule has 0 bridgehead atoms. The Kier molecular flexibility index (Phi) is 12.7. The molecule has 1 rings (SSSR count). The predicted octanol–water partition coefficient (Wildman–Crippen LogP) is 7.91. The van der Waals surface area contributed by atoms with Gasteiger partial charge in [-0.25, -0.2) is 4.79 Å². The van der Waals surface area contributed by atoms with Gasteiger partial charge >= 0.3 is 5.97 Å². The van der Waals surface area contributed by atoms with Crippen LogP contribution in [0.2, 0.25) is 0 Å². The third kappa shape index (κ3) is 13.6. The molecule has 0 fully saturated rings. The van der Waals surface area contributed by atoms with E-state index in [0.29, 0.717) is 11.0 Å². The molecule has 0 unspecified atom stereocenters. The van der Waals surface area contributed by atoms with Gasteiger partial charge in [-0.2, -0.15) is 0 Å². The van der Waals surface area contributed by atoms with Crippen LogP contribution < -0.4 is 5.32 Å². The minimum atomic E-state index is -0.873. The van der Waals surface area contributed by atoms with Crippen LogP contribution in [0, 0.1) is 5.41 Å². The van der Waals surface area contributed by atoms with Crippen LogP contribution >= 0.6 is 0 Å². The van der Waals surface area contributed by atoms with Crippen molar-refractivity contribution in [2.75, 3.05) is 11.9 Å². The molecule has 0 saturated heterocycles. The van der Waals surface area contributed by atoms with E-state index in [1.165, 1.54) is 83.5 Å². The number of unbranched alkanes of at least 4 members (excludes halogenated alkanes) is 11. The van der Waals surface area contributed by atoms with Gasteiger partial charge < -0.3 is 10.4 Å². The molecule has 3 nitrogen and oxygen atoms in total. The number of carboxylic acid groups (broad SMARTS) is 1. The first-order chi connectivity index (χ1) is 13.4. The Morgan fingerprint density at radius 1 is 0.750 bits per heavy atom. The predicted molar refractivity (Wildman–Crippen MR) is 121 cm³/mol. The molecule has 0 amide bonds. The lowest BCUT2D eigenvalue weighted by molar-refractivity contribution is 0.0697. The van der Waals surface area contributed by atoms with Crippen molar-refractivity contribution in [2.24, 2.45) is 5.41 Å². The van der Waals surface area contributed by atoms with Gasteiger partial charge in [0.05, 0.1) is 5.56 Å². The fourth-order valence-electron chi connectivity index (χ4n) is 3.51. The number of benzene rings is 1. The molecule has 0 saturated carbocycles. The summed E-state index contributed by atoms with van der Waals surface area (Å²) in [4.78, 5) is 10.8. The highest BCUT2D eigenvalue weighted by Gasteiger charge is 2.08. The Hall–Kier alpha value is -1.51. The van der Waals surface area contributed by atoms with Crippen LogP contribution in [0.1, 0.15) is 115 Å². The average molecular weight is 390 g/mol. The maximum atomic E-state index is 10.8. The van der Waals surface area contributed by atoms with Crippen molar-refractivity contribution in [2.45, 2.75) is 104 Å². The zero-order valence-electron chi connectivity index (χ0n) is 18.6. The highest BCUT2D eigenvalue weighted by atomic mass is 16.4. The van der Waals surface area contributed by atoms with Crippen molar-refractivity contribution in [3.63, 3.8) is 0 Å². The summed E-state index contributed by atoms with van der Waals surface area (Å²) in [6.45, 7) is 7.98. The van der Waals surface area contributed by atoms with E-state index in [0.717, 1.165) is 12.2 Å². The van der Waals surface area contributed by atoms with Crippen molar-refractivity contribution in [3.8, 4) is 0 Å². The van der Waals surface area contributed by atoms with Gasteiger partial charge in [-0.15, -0.1) is 0 Å². The summed E-state index contributed by atoms with van der Waals surface area (Å²) < 4.78 is 0. The van der Waals surface area contributed by atoms with Crippen LogP contribution in [0.4, 0.5) is 5.69 Å². The zero-order chi connectivity index (χ0) is 20.7. The number of anilines is 1. The largest absolute Gasteiger partial charge is 0.478 e. The van der Waals surface area contributed by atoms with Gasteiger partial charge in [0.15, 0.2) is 0 Å². The second-order valence-corrected chi connectivity index (χ2v) is 9.36. The second kappa shape index (κ2) is 14.5. The number of aromatic carboxylic acids is 1. The molecule has 160 valence electrons. The quantitative estimate of drug-likeness (QED) is 0.282. The standard InChI is InChI=1S/C25H43NO2/c1-25(2,3)20-14-12-10-8-6-4-5-7-9-11-13-15-21-26-23-18-16-22(17-19-23)24(27)28/h16-19,26H,4-15,20-21H2,1-3H3,(H,27,28). The molecule has 0 spiro atoms. The fraction of sp³-hybridized carbons (Fsp3) is 0.720. The maximum Gasteiger partial charge on any atom is 0.335 e. The third-order valence-corrected chi connectivity index (χ3v) is 5.31. The van der Waals surface area contributed by atoms with Crippen LogP contribution in [0.5, 0.6) is 0 Å². The monoisotopic (exact) mass is 389 g/mol. The molecular weight excluding hydrogens is 346 g/mol. The highest BCUT2D eigenvalue weighted by Crippen LogP contribution is 2.22. The van der Waals surface area contributed by atoms with Crippen LogP contribution in [-0.2, 0) is 0 Å². The molecule has 0 aliphatic heterocycles. The molecule has 3 heteroatoms. The smallest absolute Gasteiger partial charge is 0.335 e. The minimum Gasteiger partial charge on any atom is -0.478 e. The van der Waals surface area contributed by atoms with Crippen molar-refractivity contribution in [1.82, 2.24) is 0 Å². The number of hydrogen-bond donors (Lipinski definition) is 2. The minimum absolute atomic E-state index is 0.339. The summed E-state index contributed by atoms with van der Waals surface area (Å²) in [5.41, 5.74) is 1.85. The Morgan fingerprint density at radius 3 is 1.61 bits per heavy atom. The lowest BCUT2D eigenvalue weighted by Crippen LogP contribution is -2.03. The summed E-state index contributed by atoms with van der Waals surface area (Å²) in [6.07, 6.45) is 17.7. The molecule has 0 radical (unpaired) electrons. The van der Waals surface area contributed by atoms with Crippen LogP contribution in [0.15, 0.2) is 24.3 Å². The molecule has 0 aliphatic rings. The van der Waals surface area contributed by atoms with Crippen molar-refractivity contribution in [3.05, 3.63) is 29.8 Å². The number of carbonyl (C=O) groups is 1. The lowest BCUT2D eigenvalue weighted by Gasteiger charge is -2.17. The SMILES string of the molecule is CC(C)(C)CCCCCCCCCCCCCCNc1ccc(C(=O)O)cc1. The van der Waals surface area contributed by atoms with Gasteiger partial charge in [0.1, 0.15) is 0 Å². The van der Waals surface area contributed by atoms with E-state index in [1.807, 2.05) is 12.1 Å². The van der Waals surface area contributed by atoms with E-state index < -0.39 is 5.97 Å². The summed E-state index contributed by atoms with van der Waals surface area (Å²) in [6, 6.07) is 6.98. The van der Waals surface area contributed by atoms with E-state index in [2.05, 4.69) is 26.1 Å². The molecular formula is C25H43NO2. The van der Waals surface area contributed by atoms with Crippen molar-refractivity contribution in [1.29, 1.82) is 0 Å². The highest BCUT2D eigenvalue weighted by molar-refractivity contribution is 5.87. The van der Waals surface area contributed by atoms with Crippen LogP contribution in [0.3, 0.4) is 0 Å². The Balaban J connectivity index is 1.82. The second-order valence-electron chi connectivity index (χ2n) is 9.36. The van der Waals surface area contributed by atoms with Gasteiger partial charge in [0, 0.05) is 12.2 Å². The summed E-state index contributed by atoms with van der Waals surface area (Å²) in [5.74, 6) is -0.873. The van der Waals surface area contributed by atoms with E-state index in [1.54, 1.807) is 12.1 Å². The topological polar surface area (TPSA) is 49.3 Å². The first-order valence-corrected chi connectivity index (χ1v) is 11.5. The number of nitrogens with one attached hydrogen (secondary N) is 1. The summed E-state index contributed by atoms with van der Waals surface area (Å²) in [5, 5.41) is 12.3. The number of carboxylic acids is 1. The third-order valence-electron chi connectivity index (χ3n) is 5.31. The summed E-state index contributed by atoms with van der Waals surface area (Å²) in [7, 11) is 0. The lowest BCUT2D eigenvalue weighted by atomic mass is 9.89. The van der Waals surface area contributed by atoms with Gasteiger partial charge in [-0.3, -0.25) is 0 Å². The van der Waals surface area contributed by atoms with Crippen LogP contribution in [0.25, 0.3) is 0 Å². The normalized spacial score (nSPS) is 11.5. The van der Waals surface area contributed by atoms with E-state index in [4.69, 9.17) is 5.11 Å². The molecule has 1 aromatic carbocycles.